The quantitative estimate of drug-likeness (QED) is 0.740. The van der Waals surface area contributed by atoms with Crippen LogP contribution in [0, 0.1) is 6.92 Å². The molecule has 146 valence electrons. The molecule has 0 saturated carbocycles. The van der Waals surface area contributed by atoms with Gasteiger partial charge in [0.05, 0.1) is 5.69 Å². The molecule has 6 nitrogen and oxygen atoms in total. The average Bonchev–Trinajstić information content (AvgIpc) is 3.12. The predicted octanol–water partition coefficient (Wildman–Crippen LogP) is 1.95. The number of nitrogens with one attached hydrogen (secondary N) is 3. The van der Waals surface area contributed by atoms with Crippen LogP contribution in [0.4, 0.5) is 13.2 Å². The van der Waals surface area contributed by atoms with Gasteiger partial charge in [-0.15, -0.1) is 0 Å². The predicted molar refractivity (Wildman–Crippen MR) is 95.4 cm³/mol. The largest absolute Gasteiger partial charge is 0.405 e. The summed E-state index contributed by atoms with van der Waals surface area (Å²) in [6.07, 6.45) is -4.41. The number of nitrogens with zero attached hydrogens (tertiary/aromatic N) is 2. The molecule has 1 aromatic heterocycles. The summed E-state index contributed by atoms with van der Waals surface area (Å²) in [6, 6.07) is 7.42. The lowest BCUT2D eigenvalue weighted by Gasteiger charge is -2.35. The molecule has 0 spiro atoms. The number of benzene rings is 1. The number of carbonyl (C=O) groups is 1. The number of hydrogen-bond acceptors (Lipinski definition) is 4. The van der Waals surface area contributed by atoms with Crippen LogP contribution in [-0.2, 0) is 0 Å². The Morgan fingerprint density at radius 3 is 2.56 bits per heavy atom. The first-order chi connectivity index (χ1) is 12.8. The second-order valence-electron chi connectivity index (χ2n) is 6.59. The number of alkyl halides is 3. The molecule has 1 unspecified atom stereocenters. The standard InChI is InChI=1S/C18H22F3N5O/c1-12-2-4-13(5-3-12)14-10-15(25-24-14)17(27)23-11-16(18(19,20)21)26-8-6-22-7-9-26/h2-5,10,16,22H,6-9,11H2,1H3,(H,23,27)(H,24,25). The molecule has 1 aromatic carbocycles. The van der Waals surface area contributed by atoms with Gasteiger partial charge in [-0.25, -0.2) is 0 Å². The molecule has 3 N–H and O–H groups in total. The second-order valence-corrected chi connectivity index (χ2v) is 6.59. The third-order valence-corrected chi connectivity index (χ3v) is 4.60. The smallest absolute Gasteiger partial charge is 0.349 e. The Hall–Kier alpha value is -2.39. The van der Waals surface area contributed by atoms with Crippen LogP contribution < -0.4 is 10.6 Å². The molecule has 0 bridgehead atoms. The summed E-state index contributed by atoms with van der Waals surface area (Å²) in [5.41, 5.74) is 2.62. The first-order valence-corrected chi connectivity index (χ1v) is 8.77. The lowest BCUT2D eigenvalue weighted by Crippen LogP contribution is -2.57. The van der Waals surface area contributed by atoms with Crippen molar-refractivity contribution in [1.29, 1.82) is 0 Å². The van der Waals surface area contributed by atoms with E-state index < -0.39 is 24.7 Å². The summed E-state index contributed by atoms with van der Waals surface area (Å²) < 4.78 is 40.1. The van der Waals surface area contributed by atoms with E-state index in [1.165, 1.54) is 11.0 Å². The topological polar surface area (TPSA) is 73.1 Å². The Balaban J connectivity index is 1.64. The van der Waals surface area contributed by atoms with E-state index in [4.69, 9.17) is 0 Å². The number of H-pyrrole nitrogens is 1. The number of hydrogen-bond donors (Lipinski definition) is 3. The molecule has 1 amide bonds. The van der Waals surface area contributed by atoms with Gasteiger partial charge >= 0.3 is 6.18 Å². The van der Waals surface area contributed by atoms with Crippen LogP contribution in [0.25, 0.3) is 11.3 Å². The Bertz CT molecular complexity index is 766. The summed E-state index contributed by atoms with van der Waals surface area (Å²) in [5.74, 6) is -0.606. The fourth-order valence-corrected chi connectivity index (χ4v) is 3.04. The van der Waals surface area contributed by atoms with Gasteiger partial charge in [0.1, 0.15) is 11.7 Å². The number of rotatable bonds is 5. The Kier molecular flexibility index (Phi) is 5.81. The molecule has 2 aromatic rings. The van der Waals surface area contributed by atoms with Gasteiger partial charge in [-0.1, -0.05) is 29.8 Å². The van der Waals surface area contributed by atoms with Crippen molar-refractivity contribution >= 4 is 5.91 Å². The molecule has 0 radical (unpaired) electrons. The minimum absolute atomic E-state index is 0.131. The van der Waals surface area contributed by atoms with Gasteiger partial charge in [-0.05, 0) is 13.0 Å². The highest BCUT2D eigenvalue weighted by molar-refractivity contribution is 5.93. The molecule has 9 heteroatoms. The van der Waals surface area contributed by atoms with Crippen molar-refractivity contribution in [2.75, 3.05) is 32.7 Å². The van der Waals surface area contributed by atoms with Crippen molar-refractivity contribution in [3.63, 3.8) is 0 Å². The molecule has 3 rings (SSSR count). The van der Waals surface area contributed by atoms with E-state index in [-0.39, 0.29) is 5.69 Å². The zero-order valence-electron chi connectivity index (χ0n) is 14.9. The summed E-state index contributed by atoms with van der Waals surface area (Å²) in [5, 5.41) is 12.1. The van der Waals surface area contributed by atoms with Gasteiger partial charge in [0.15, 0.2) is 0 Å². The molecule has 27 heavy (non-hydrogen) atoms. The highest BCUT2D eigenvalue weighted by atomic mass is 19.4. The van der Waals surface area contributed by atoms with Crippen molar-refractivity contribution < 1.29 is 18.0 Å². The number of piperazine rings is 1. The third kappa shape index (κ3) is 4.86. The lowest BCUT2D eigenvalue weighted by atomic mass is 10.1. The fraction of sp³-hybridized carbons (Fsp3) is 0.444. The second kappa shape index (κ2) is 8.10. The van der Waals surface area contributed by atoms with Crippen LogP contribution >= 0.6 is 0 Å². The van der Waals surface area contributed by atoms with Gasteiger partial charge in [0.2, 0.25) is 0 Å². The summed E-state index contributed by atoms with van der Waals surface area (Å²) in [6.45, 7) is 3.05. The van der Waals surface area contributed by atoms with E-state index >= 15 is 0 Å². The zero-order chi connectivity index (χ0) is 19.4. The maximum Gasteiger partial charge on any atom is 0.405 e. The number of aromatic amines is 1. The number of carbonyl (C=O) groups excluding carboxylic acids is 1. The van der Waals surface area contributed by atoms with Crippen LogP contribution in [0.15, 0.2) is 30.3 Å². The molecule has 1 aliphatic heterocycles. The number of amides is 1. The first-order valence-electron chi connectivity index (χ1n) is 8.77. The van der Waals surface area contributed by atoms with Crippen LogP contribution in [-0.4, -0.2) is 65.9 Å². The SMILES string of the molecule is Cc1ccc(-c2cc(C(=O)NCC(N3CCNCC3)C(F)(F)F)[nH]n2)cc1. The van der Waals surface area contributed by atoms with Crippen molar-refractivity contribution in [2.45, 2.75) is 19.1 Å². The molecular formula is C18H22F3N5O. The Morgan fingerprint density at radius 1 is 1.26 bits per heavy atom. The van der Waals surface area contributed by atoms with Crippen LogP contribution in [0.5, 0.6) is 0 Å². The zero-order valence-corrected chi connectivity index (χ0v) is 14.9. The van der Waals surface area contributed by atoms with Gasteiger partial charge in [-0.3, -0.25) is 14.8 Å². The van der Waals surface area contributed by atoms with Crippen molar-refractivity contribution in [3.05, 3.63) is 41.6 Å². The summed E-state index contributed by atoms with van der Waals surface area (Å²) in [4.78, 5) is 13.6. The van der Waals surface area contributed by atoms with E-state index in [1.807, 2.05) is 31.2 Å². The molecule has 0 aliphatic carbocycles. The molecule has 1 fully saturated rings. The number of aromatic nitrogens is 2. The van der Waals surface area contributed by atoms with Crippen LogP contribution in [0.1, 0.15) is 16.1 Å². The summed E-state index contributed by atoms with van der Waals surface area (Å²) in [7, 11) is 0. The van der Waals surface area contributed by atoms with Gasteiger partial charge in [0.25, 0.3) is 5.91 Å². The third-order valence-electron chi connectivity index (χ3n) is 4.60. The molecule has 2 heterocycles. The fourth-order valence-electron chi connectivity index (χ4n) is 3.04. The monoisotopic (exact) mass is 381 g/mol. The van der Waals surface area contributed by atoms with E-state index in [1.54, 1.807) is 0 Å². The van der Waals surface area contributed by atoms with Crippen molar-refractivity contribution in [2.24, 2.45) is 0 Å². The van der Waals surface area contributed by atoms with Gasteiger partial charge in [0, 0.05) is 38.3 Å². The number of aryl methyl sites for hydroxylation is 1. The normalized spacial score (nSPS) is 16.9. The first kappa shape index (κ1) is 19.4. The van der Waals surface area contributed by atoms with Crippen molar-refractivity contribution in [1.82, 2.24) is 25.7 Å². The molecule has 1 aliphatic rings. The molecular weight excluding hydrogens is 359 g/mol. The van der Waals surface area contributed by atoms with E-state index in [0.29, 0.717) is 31.9 Å². The molecule has 1 saturated heterocycles. The molecule has 1 atom stereocenters. The van der Waals surface area contributed by atoms with E-state index in [9.17, 15) is 18.0 Å². The highest BCUT2D eigenvalue weighted by Crippen LogP contribution is 2.25. The Morgan fingerprint density at radius 2 is 1.93 bits per heavy atom. The van der Waals surface area contributed by atoms with Crippen LogP contribution in [0.3, 0.4) is 0 Å². The van der Waals surface area contributed by atoms with E-state index in [2.05, 4.69) is 20.8 Å². The lowest BCUT2D eigenvalue weighted by molar-refractivity contribution is -0.183. The average molecular weight is 381 g/mol. The minimum atomic E-state index is -4.41. The summed E-state index contributed by atoms with van der Waals surface area (Å²) >= 11 is 0. The van der Waals surface area contributed by atoms with Gasteiger partial charge < -0.3 is 10.6 Å². The van der Waals surface area contributed by atoms with E-state index in [0.717, 1.165) is 11.1 Å². The maximum atomic E-state index is 13.4. The maximum absolute atomic E-state index is 13.4. The Labute approximate surface area is 155 Å². The number of halogens is 3. The minimum Gasteiger partial charge on any atom is -0.349 e. The highest BCUT2D eigenvalue weighted by Gasteiger charge is 2.43. The van der Waals surface area contributed by atoms with Gasteiger partial charge in [-0.2, -0.15) is 18.3 Å². The van der Waals surface area contributed by atoms with Crippen LogP contribution in [0.2, 0.25) is 0 Å². The van der Waals surface area contributed by atoms with Crippen molar-refractivity contribution in [3.8, 4) is 11.3 Å².